The molecule has 0 atom stereocenters. The Labute approximate surface area is 142 Å². The van der Waals surface area contributed by atoms with E-state index in [-0.39, 0.29) is 0 Å². The zero-order valence-corrected chi connectivity index (χ0v) is 14.2. The molecular weight excluding hydrogens is 352 g/mol. The number of rotatable bonds is 2. The topological polar surface area (TPSA) is 0 Å². The number of fused-ring (bicyclic) bond motifs is 1. The third kappa shape index (κ3) is 2.60. The fourth-order valence-corrected chi connectivity index (χ4v) is 3.68. The van der Waals surface area contributed by atoms with E-state index in [4.69, 9.17) is 0 Å². The predicted octanol–water partition coefficient (Wildman–Crippen LogP) is 7.00. The van der Waals surface area contributed by atoms with Crippen LogP contribution in [-0.2, 0) is 0 Å². The van der Waals surface area contributed by atoms with Crippen LogP contribution in [-0.4, -0.2) is 0 Å². The molecule has 0 N–H and O–H groups in total. The molecule has 0 amide bonds. The van der Waals surface area contributed by atoms with Gasteiger partial charge in [-0.2, -0.15) is 0 Å². The van der Waals surface area contributed by atoms with Crippen molar-refractivity contribution < 1.29 is 0 Å². The number of hydrogen-bond donors (Lipinski definition) is 0. The highest BCUT2D eigenvalue weighted by molar-refractivity contribution is 9.10. The lowest BCUT2D eigenvalue weighted by Gasteiger charge is -2.06. The Kier molecular flexibility index (Phi) is 3.57. The highest BCUT2D eigenvalue weighted by Gasteiger charge is 2.02. The van der Waals surface area contributed by atoms with Gasteiger partial charge in [-0.05, 0) is 63.4 Å². The van der Waals surface area contributed by atoms with Crippen LogP contribution < -0.4 is 0 Å². The van der Waals surface area contributed by atoms with Gasteiger partial charge in [0.05, 0.1) is 0 Å². The minimum Gasteiger partial charge on any atom is -0.144 e. The second kappa shape index (κ2) is 5.71. The lowest BCUT2D eigenvalue weighted by molar-refractivity contribution is 1.58. The zero-order valence-electron chi connectivity index (χ0n) is 11.8. The molecule has 0 aliphatic carbocycles. The van der Waals surface area contributed by atoms with Crippen LogP contribution >= 0.6 is 27.3 Å². The van der Waals surface area contributed by atoms with Crippen LogP contribution in [0.3, 0.4) is 0 Å². The Morgan fingerprint density at radius 3 is 1.82 bits per heavy atom. The van der Waals surface area contributed by atoms with E-state index in [0.29, 0.717) is 0 Å². The standard InChI is InChI=1S/C20H13BrS/c21-19-8-5-15(6-9-19)14-1-3-16(4-2-14)17-7-10-20-18(13-17)11-12-22-20/h1-13H. The summed E-state index contributed by atoms with van der Waals surface area (Å²) in [7, 11) is 0. The molecule has 106 valence electrons. The molecule has 0 aliphatic rings. The summed E-state index contributed by atoms with van der Waals surface area (Å²) in [6, 6.07) is 26.1. The van der Waals surface area contributed by atoms with Gasteiger partial charge < -0.3 is 0 Å². The second-order valence-electron chi connectivity index (χ2n) is 5.26. The molecule has 0 radical (unpaired) electrons. The summed E-state index contributed by atoms with van der Waals surface area (Å²) in [6.45, 7) is 0. The number of hydrogen-bond acceptors (Lipinski definition) is 1. The highest BCUT2D eigenvalue weighted by atomic mass is 79.9. The SMILES string of the molecule is Brc1ccc(-c2ccc(-c3ccc4sccc4c3)cc2)cc1. The van der Waals surface area contributed by atoms with Gasteiger partial charge in [-0.15, -0.1) is 11.3 Å². The average molecular weight is 365 g/mol. The van der Waals surface area contributed by atoms with Crippen LogP contribution in [0.25, 0.3) is 32.3 Å². The van der Waals surface area contributed by atoms with Crippen LogP contribution in [0.15, 0.2) is 82.6 Å². The Morgan fingerprint density at radius 2 is 1.14 bits per heavy atom. The summed E-state index contributed by atoms with van der Waals surface area (Å²) in [4.78, 5) is 0. The molecule has 1 heterocycles. The molecule has 0 saturated heterocycles. The third-order valence-corrected chi connectivity index (χ3v) is 5.27. The number of thiophene rings is 1. The van der Waals surface area contributed by atoms with E-state index in [1.165, 1.54) is 32.3 Å². The van der Waals surface area contributed by atoms with Crippen LogP contribution in [0.4, 0.5) is 0 Å². The van der Waals surface area contributed by atoms with Crippen molar-refractivity contribution in [1.82, 2.24) is 0 Å². The minimum atomic E-state index is 1.11. The van der Waals surface area contributed by atoms with E-state index in [9.17, 15) is 0 Å². The van der Waals surface area contributed by atoms with Gasteiger partial charge in [-0.25, -0.2) is 0 Å². The average Bonchev–Trinajstić information content (AvgIpc) is 3.03. The molecule has 0 unspecified atom stereocenters. The normalized spacial score (nSPS) is 11.0. The van der Waals surface area contributed by atoms with Crippen molar-refractivity contribution in [3.63, 3.8) is 0 Å². The predicted molar refractivity (Wildman–Crippen MR) is 100 cm³/mol. The van der Waals surface area contributed by atoms with E-state index in [2.05, 4.69) is 94.1 Å². The maximum Gasteiger partial charge on any atom is 0.0343 e. The van der Waals surface area contributed by atoms with Gasteiger partial charge in [-0.3, -0.25) is 0 Å². The molecule has 4 rings (SSSR count). The van der Waals surface area contributed by atoms with Crippen molar-refractivity contribution >= 4 is 37.4 Å². The smallest absolute Gasteiger partial charge is 0.0343 e. The minimum absolute atomic E-state index is 1.11. The number of benzene rings is 3. The summed E-state index contributed by atoms with van der Waals surface area (Å²) in [5, 5.41) is 3.46. The highest BCUT2D eigenvalue weighted by Crippen LogP contribution is 2.29. The molecule has 0 saturated carbocycles. The van der Waals surface area contributed by atoms with E-state index >= 15 is 0 Å². The molecule has 1 aromatic heterocycles. The lowest BCUT2D eigenvalue weighted by atomic mass is 10.00. The Hall–Kier alpha value is -1.90. The van der Waals surface area contributed by atoms with E-state index in [1.54, 1.807) is 11.3 Å². The first-order valence-electron chi connectivity index (χ1n) is 7.13. The molecular formula is C20H13BrS. The van der Waals surface area contributed by atoms with Gasteiger partial charge in [0.25, 0.3) is 0 Å². The molecule has 0 aliphatic heterocycles. The Bertz CT molecular complexity index is 918. The zero-order chi connectivity index (χ0) is 14.9. The molecule has 4 aromatic rings. The van der Waals surface area contributed by atoms with Gasteiger partial charge in [0.1, 0.15) is 0 Å². The van der Waals surface area contributed by atoms with Crippen molar-refractivity contribution in [2.75, 3.05) is 0 Å². The summed E-state index contributed by atoms with van der Waals surface area (Å²) in [5.74, 6) is 0. The van der Waals surface area contributed by atoms with E-state index < -0.39 is 0 Å². The van der Waals surface area contributed by atoms with Gasteiger partial charge in [0, 0.05) is 9.17 Å². The summed E-state index contributed by atoms with van der Waals surface area (Å²) in [5.41, 5.74) is 5.01. The first-order chi connectivity index (χ1) is 10.8. The van der Waals surface area contributed by atoms with Crippen LogP contribution in [0.5, 0.6) is 0 Å². The maximum atomic E-state index is 3.48. The fraction of sp³-hybridized carbons (Fsp3) is 0. The first kappa shape index (κ1) is 13.7. The lowest BCUT2D eigenvalue weighted by Crippen LogP contribution is -1.80. The van der Waals surface area contributed by atoms with E-state index in [0.717, 1.165) is 4.47 Å². The molecule has 22 heavy (non-hydrogen) atoms. The molecule has 0 spiro atoms. The van der Waals surface area contributed by atoms with Crippen LogP contribution in [0, 0.1) is 0 Å². The molecule has 0 fully saturated rings. The first-order valence-corrected chi connectivity index (χ1v) is 8.80. The van der Waals surface area contributed by atoms with Gasteiger partial charge in [0.15, 0.2) is 0 Å². The van der Waals surface area contributed by atoms with Crippen molar-refractivity contribution in [2.45, 2.75) is 0 Å². The summed E-state index contributed by atoms with van der Waals surface area (Å²) in [6.07, 6.45) is 0. The molecule has 3 aromatic carbocycles. The van der Waals surface area contributed by atoms with Gasteiger partial charge >= 0.3 is 0 Å². The summed E-state index contributed by atoms with van der Waals surface area (Å²) < 4.78 is 2.45. The van der Waals surface area contributed by atoms with Gasteiger partial charge in [0.2, 0.25) is 0 Å². The maximum absolute atomic E-state index is 3.48. The Balaban J connectivity index is 1.70. The molecule has 2 heteroatoms. The third-order valence-electron chi connectivity index (χ3n) is 3.85. The molecule has 0 bridgehead atoms. The van der Waals surface area contributed by atoms with Crippen molar-refractivity contribution in [1.29, 1.82) is 0 Å². The fourth-order valence-electron chi connectivity index (χ4n) is 2.64. The molecule has 0 nitrogen and oxygen atoms in total. The summed E-state index contributed by atoms with van der Waals surface area (Å²) >= 11 is 5.27. The van der Waals surface area contributed by atoms with Crippen molar-refractivity contribution in [3.8, 4) is 22.3 Å². The van der Waals surface area contributed by atoms with Gasteiger partial charge in [-0.1, -0.05) is 58.4 Å². The van der Waals surface area contributed by atoms with Crippen molar-refractivity contribution in [3.05, 3.63) is 82.6 Å². The van der Waals surface area contributed by atoms with Crippen LogP contribution in [0.1, 0.15) is 0 Å². The van der Waals surface area contributed by atoms with Crippen LogP contribution in [0.2, 0.25) is 0 Å². The monoisotopic (exact) mass is 364 g/mol. The van der Waals surface area contributed by atoms with Crippen molar-refractivity contribution in [2.24, 2.45) is 0 Å². The quantitative estimate of drug-likeness (QED) is 0.359. The van der Waals surface area contributed by atoms with E-state index in [1.807, 2.05) is 0 Å². The number of halogens is 1. The second-order valence-corrected chi connectivity index (χ2v) is 7.12. The Morgan fingerprint density at radius 1 is 0.591 bits per heavy atom. The largest absolute Gasteiger partial charge is 0.144 e.